The third kappa shape index (κ3) is 4.82. The van der Waals surface area contributed by atoms with E-state index in [0.29, 0.717) is 0 Å². The van der Waals surface area contributed by atoms with Crippen LogP contribution in [0.1, 0.15) is 22.5 Å². The van der Waals surface area contributed by atoms with Crippen molar-refractivity contribution in [3.8, 4) is 0 Å². The lowest BCUT2D eigenvalue weighted by Gasteiger charge is -1.98. The van der Waals surface area contributed by atoms with Crippen LogP contribution in [0.5, 0.6) is 0 Å². The van der Waals surface area contributed by atoms with Crippen molar-refractivity contribution in [1.82, 2.24) is 9.97 Å². The zero-order valence-corrected chi connectivity index (χ0v) is 12.9. The Balaban J connectivity index is 1.75. The molecule has 20 heavy (non-hydrogen) atoms. The van der Waals surface area contributed by atoms with E-state index in [1.807, 2.05) is 38.4 Å². The third-order valence-electron chi connectivity index (χ3n) is 3.24. The monoisotopic (exact) mass is 287 g/mol. The number of pyridine rings is 2. The lowest BCUT2D eigenvalue weighted by molar-refractivity contribution is 0.587. The van der Waals surface area contributed by atoms with E-state index in [0.717, 1.165) is 47.7 Å². The summed E-state index contributed by atoms with van der Waals surface area (Å²) in [5, 5.41) is 0. The highest BCUT2D eigenvalue weighted by Crippen LogP contribution is 2.23. The topological polar surface area (TPSA) is 42.9 Å². The predicted molar refractivity (Wildman–Crippen MR) is 82.7 cm³/mol. The molecule has 0 saturated carbocycles. The number of aryl methyl sites for hydroxylation is 4. The number of rotatable bonds is 6. The largest absolute Gasteiger partial charge is 0.339 e. The first kappa shape index (κ1) is 14.8. The zero-order valence-electron chi connectivity index (χ0n) is 12.0. The Hall–Kier alpha value is -1.60. The van der Waals surface area contributed by atoms with Gasteiger partial charge in [0.2, 0.25) is 0 Å². The molecule has 4 heteroatoms. The first-order chi connectivity index (χ1) is 9.63. The van der Waals surface area contributed by atoms with E-state index in [1.54, 1.807) is 0 Å². The summed E-state index contributed by atoms with van der Waals surface area (Å²) >= 11 is 0. The molecule has 0 aliphatic carbocycles. The minimum absolute atomic E-state index is 0.735. The molecule has 2 aromatic rings. The molecule has 0 atom stereocenters. The smallest absolute Gasteiger partial charge is 0.261 e. The SMILES string of the molecule is Cc1ccc(CC[P+](=O)CCc2ccc(C)nc2)cn1. The Morgan fingerprint density at radius 2 is 1.30 bits per heavy atom. The molecule has 0 aliphatic rings. The van der Waals surface area contributed by atoms with Gasteiger partial charge in [0.15, 0.2) is 0 Å². The van der Waals surface area contributed by atoms with Crippen molar-refractivity contribution in [3.63, 3.8) is 0 Å². The predicted octanol–water partition coefficient (Wildman–Crippen LogP) is 3.71. The molecule has 0 spiro atoms. The summed E-state index contributed by atoms with van der Waals surface area (Å²) < 4.78 is 12.0. The molecular formula is C16H20N2OP+. The number of aromatic nitrogens is 2. The van der Waals surface area contributed by atoms with Crippen LogP contribution in [0.15, 0.2) is 36.7 Å². The Morgan fingerprint density at radius 3 is 1.65 bits per heavy atom. The van der Waals surface area contributed by atoms with E-state index in [9.17, 15) is 4.57 Å². The molecule has 0 saturated heterocycles. The molecule has 0 unspecified atom stereocenters. The summed E-state index contributed by atoms with van der Waals surface area (Å²) in [4.78, 5) is 8.51. The van der Waals surface area contributed by atoms with Crippen LogP contribution in [0, 0.1) is 13.8 Å². The zero-order chi connectivity index (χ0) is 14.4. The van der Waals surface area contributed by atoms with E-state index in [1.165, 1.54) is 0 Å². The van der Waals surface area contributed by atoms with Crippen LogP contribution >= 0.6 is 7.80 Å². The lowest BCUT2D eigenvalue weighted by atomic mass is 10.2. The van der Waals surface area contributed by atoms with Gasteiger partial charge in [-0.25, -0.2) is 0 Å². The normalized spacial score (nSPS) is 10.5. The maximum Gasteiger partial charge on any atom is 0.339 e. The summed E-state index contributed by atoms with van der Waals surface area (Å²) in [5.41, 5.74) is 4.36. The van der Waals surface area contributed by atoms with Gasteiger partial charge in [-0.15, -0.1) is 0 Å². The molecule has 0 radical (unpaired) electrons. The Kier molecular flexibility index (Phi) is 5.37. The Morgan fingerprint density at radius 1 is 0.850 bits per heavy atom. The third-order valence-corrected chi connectivity index (χ3v) is 4.69. The van der Waals surface area contributed by atoms with Crippen LogP contribution in [0.2, 0.25) is 0 Å². The van der Waals surface area contributed by atoms with Gasteiger partial charge in [-0.1, -0.05) is 16.7 Å². The van der Waals surface area contributed by atoms with Crippen LogP contribution in [0.25, 0.3) is 0 Å². The van der Waals surface area contributed by atoms with Gasteiger partial charge < -0.3 is 0 Å². The fourth-order valence-electron chi connectivity index (χ4n) is 1.91. The van der Waals surface area contributed by atoms with Crippen molar-refractivity contribution in [3.05, 3.63) is 59.2 Å². The summed E-state index contributed by atoms with van der Waals surface area (Å²) in [6, 6.07) is 8.13. The number of nitrogens with zero attached hydrogens (tertiary/aromatic N) is 2. The Labute approximate surface area is 121 Å². The minimum Gasteiger partial charge on any atom is -0.261 e. The van der Waals surface area contributed by atoms with Crippen molar-refractivity contribution < 1.29 is 4.57 Å². The molecule has 2 aromatic heterocycles. The summed E-state index contributed by atoms with van der Waals surface area (Å²) in [7, 11) is -1.15. The maximum atomic E-state index is 12.0. The highest BCUT2D eigenvalue weighted by atomic mass is 31.1. The molecule has 0 aromatic carbocycles. The molecule has 0 N–H and O–H groups in total. The van der Waals surface area contributed by atoms with Crippen molar-refractivity contribution in [2.45, 2.75) is 26.7 Å². The van der Waals surface area contributed by atoms with E-state index >= 15 is 0 Å². The maximum absolute atomic E-state index is 12.0. The molecular weight excluding hydrogens is 267 g/mol. The molecule has 3 nitrogen and oxygen atoms in total. The van der Waals surface area contributed by atoms with E-state index in [2.05, 4.69) is 22.1 Å². The van der Waals surface area contributed by atoms with Crippen LogP contribution in [0.4, 0.5) is 0 Å². The van der Waals surface area contributed by atoms with Crippen LogP contribution in [-0.2, 0) is 17.4 Å². The summed E-state index contributed by atoms with van der Waals surface area (Å²) in [5.74, 6) is 0. The molecule has 104 valence electrons. The molecule has 0 aliphatic heterocycles. The first-order valence-corrected chi connectivity index (χ1v) is 8.51. The molecule has 2 rings (SSSR count). The van der Waals surface area contributed by atoms with Crippen molar-refractivity contribution in [2.75, 3.05) is 12.3 Å². The second-order valence-corrected chi connectivity index (χ2v) is 6.90. The van der Waals surface area contributed by atoms with Crippen molar-refractivity contribution in [2.24, 2.45) is 0 Å². The lowest BCUT2D eigenvalue weighted by Crippen LogP contribution is -1.95. The number of hydrogen-bond acceptors (Lipinski definition) is 3. The summed E-state index contributed by atoms with van der Waals surface area (Å²) in [6.45, 7) is 3.94. The summed E-state index contributed by atoms with van der Waals surface area (Å²) in [6.07, 6.45) is 6.91. The second-order valence-electron chi connectivity index (χ2n) is 5.04. The van der Waals surface area contributed by atoms with Gasteiger partial charge in [0.25, 0.3) is 0 Å². The van der Waals surface area contributed by atoms with Crippen LogP contribution < -0.4 is 0 Å². The number of hydrogen-bond donors (Lipinski definition) is 0. The quantitative estimate of drug-likeness (QED) is 0.761. The average molecular weight is 287 g/mol. The molecule has 2 heterocycles. The van der Waals surface area contributed by atoms with Crippen LogP contribution in [-0.4, -0.2) is 22.3 Å². The van der Waals surface area contributed by atoms with Crippen molar-refractivity contribution >= 4 is 7.80 Å². The van der Waals surface area contributed by atoms with Gasteiger partial charge in [0, 0.05) is 36.6 Å². The molecule has 0 fully saturated rings. The van der Waals surface area contributed by atoms with E-state index < -0.39 is 7.80 Å². The van der Waals surface area contributed by atoms with Gasteiger partial charge in [-0.05, 0) is 37.1 Å². The van der Waals surface area contributed by atoms with Gasteiger partial charge in [-0.3, -0.25) is 9.97 Å². The van der Waals surface area contributed by atoms with E-state index in [-0.39, 0.29) is 0 Å². The van der Waals surface area contributed by atoms with Crippen molar-refractivity contribution in [1.29, 1.82) is 0 Å². The second kappa shape index (κ2) is 7.25. The standard InChI is InChI=1S/C16H20N2OP/c1-13-3-5-15(11-17-13)7-9-20(19)10-8-16-6-4-14(2)18-12-16/h3-6,11-12H,7-10H2,1-2H3/q+1. The van der Waals surface area contributed by atoms with Gasteiger partial charge in [0.05, 0.1) is 0 Å². The average Bonchev–Trinajstić information content (AvgIpc) is 2.46. The van der Waals surface area contributed by atoms with Gasteiger partial charge in [0.1, 0.15) is 12.3 Å². The molecule has 0 amide bonds. The fraction of sp³-hybridized carbons (Fsp3) is 0.375. The molecule has 0 bridgehead atoms. The first-order valence-electron chi connectivity index (χ1n) is 6.88. The van der Waals surface area contributed by atoms with Crippen LogP contribution in [0.3, 0.4) is 0 Å². The van der Waals surface area contributed by atoms with Gasteiger partial charge >= 0.3 is 7.80 Å². The van der Waals surface area contributed by atoms with E-state index in [4.69, 9.17) is 0 Å². The van der Waals surface area contributed by atoms with Gasteiger partial charge in [-0.2, -0.15) is 0 Å². The highest BCUT2D eigenvalue weighted by Gasteiger charge is 2.15. The Bertz CT molecular complexity index is 513. The highest BCUT2D eigenvalue weighted by molar-refractivity contribution is 7.44. The fourth-order valence-corrected chi connectivity index (χ4v) is 3.15. The minimum atomic E-state index is -1.15.